The van der Waals surface area contributed by atoms with Gasteiger partial charge in [-0.15, -0.1) is 11.3 Å². The maximum atomic E-state index is 14.0. The van der Waals surface area contributed by atoms with Crippen LogP contribution in [0.15, 0.2) is 12.1 Å². The number of amides is 1. The van der Waals surface area contributed by atoms with Crippen LogP contribution in [0.4, 0.5) is 4.39 Å². The predicted molar refractivity (Wildman–Crippen MR) is 82.3 cm³/mol. The normalized spacial score (nSPS) is 10.4. The quantitative estimate of drug-likeness (QED) is 0.919. The van der Waals surface area contributed by atoms with E-state index < -0.39 is 11.7 Å². The van der Waals surface area contributed by atoms with E-state index in [1.807, 2.05) is 13.8 Å². The zero-order valence-electron chi connectivity index (χ0n) is 12.8. The standard InChI is InChI=1S/C15H17FN2O3S/c1-8-9(2)22-12(18-8)7-17-15(19)13-10(16)5-6-11(20-3)14(13)21-4/h5-6H,7H2,1-4H3,(H,17,19). The average molecular weight is 324 g/mol. The molecule has 1 heterocycles. The van der Waals surface area contributed by atoms with E-state index in [1.165, 1.54) is 37.7 Å². The Hall–Kier alpha value is -2.15. The van der Waals surface area contributed by atoms with Crippen molar-refractivity contribution < 1.29 is 18.7 Å². The number of rotatable bonds is 5. The van der Waals surface area contributed by atoms with Crippen LogP contribution >= 0.6 is 11.3 Å². The minimum absolute atomic E-state index is 0.0755. The monoisotopic (exact) mass is 324 g/mol. The van der Waals surface area contributed by atoms with Crippen LogP contribution in [-0.2, 0) is 6.54 Å². The van der Waals surface area contributed by atoms with Gasteiger partial charge in [-0.25, -0.2) is 9.37 Å². The molecule has 1 aromatic carbocycles. The molecule has 0 saturated heterocycles. The first-order valence-electron chi connectivity index (χ1n) is 6.59. The Kier molecular flexibility index (Phi) is 4.97. The van der Waals surface area contributed by atoms with Gasteiger partial charge in [0.25, 0.3) is 5.91 Å². The van der Waals surface area contributed by atoms with Crippen molar-refractivity contribution in [1.82, 2.24) is 10.3 Å². The van der Waals surface area contributed by atoms with Crippen LogP contribution in [0.1, 0.15) is 25.9 Å². The van der Waals surface area contributed by atoms with E-state index >= 15 is 0 Å². The Labute approximate surface area is 132 Å². The number of ether oxygens (including phenoxy) is 2. The highest BCUT2D eigenvalue weighted by Crippen LogP contribution is 2.32. The van der Waals surface area contributed by atoms with Gasteiger partial charge in [0, 0.05) is 4.88 Å². The van der Waals surface area contributed by atoms with E-state index in [9.17, 15) is 9.18 Å². The summed E-state index contributed by atoms with van der Waals surface area (Å²) in [6, 6.07) is 2.59. The van der Waals surface area contributed by atoms with Gasteiger partial charge < -0.3 is 14.8 Å². The molecule has 0 aliphatic rings. The maximum Gasteiger partial charge on any atom is 0.258 e. The lowest BCUT2D eigenvalue weighted by atomic mass is 10.1. The Bertz CT molecular complexity index is 681. The number of aromatic nitrogens is 1. The van der Waals surface area contributed by atoms with Crippen LogP contribution < -0.4 is 14.8 Å². The Balaban J connectivity index is 2.22. The molecule has 2 aromatic rings. The van der Waals surface area contributed by atoms with E-state index in [0.717, 1.165) is 15.6 Å². The highest BCUT2D eigenvalue weighted by molar-refractivity contribution is 7.11. The summed E-state index contributed by atoms with van der Waals surface area (Å²) < 4.78 is 24.2. The van der Waals surface area contributed by atoms with Crippen molar-refractivity contribution in [3.05, 3.63) is 39.1 Å². The Morgan fingerprint density at radius 1 is 1.32 bits per heavy atom. The van der Waals surface area contributed by atoms with E-state index in [-0.39, 0.29) is 17.9 Å². The molecule has 22 heavy (non-hydrogen) atoms. The van der Waals surface area contributed by atoms with Gasteiger partial charge in [0.15, 0.2) is 11.5 Å². The highest BCUT2D eigenvalue weighted by atomic mass is 32.1. The molecule has 1 amide bonds. The van der Waals surface area contributed by atoms with Crippen molar-refractivity contribution >= 4 is 17.2 Å². The molecule has 0 aliphatic heterocycles. The SMILES string of the molecule is COc1ccc(F)c(C(=O)NCc2nc(C)c(C)s2)c1OC. The number of benzene rings is 1. The van der Waals surface area contributed by atoms with E-state index in [2.05, 4.69) is 10.3 Å². The number of halogens is 1. The van der Waals surface area contributed by atoms with Crippen LogP contribution in [0.2, 0.25) is 0 Å². The lowest BCUT2D eigenvalue weighted by Crippen LogP contribution is -2.24. The molecule has 1 N–H and O–H groups in total. The van der Waals surface area contributed by atoms with Crippen LogP contribution in [0.25, 0.3) is 0 Å². The summed E-state index contributed by atoms with van der Waals surface area (Å²) in [5, 5.41) is 3.43. The third-order valence-electron chi connectivity index (χ3n) is 3.19. The molecule has 0 radical (unpaired) electrons. The summed E-state index contributed by atoms with van der Waals surface area (Å²) >= 11 is 1.50. The van der Waals surface area contributed by atoms with Gasteiger partial charge >= 0.3 is 0 Å². The van der Waals surface area contributed by atoms with E-state index in [4.69, 9.17) is 9.47 Å². The largest absolute Gasteiger partial charge is 0.493 e. The lowest BCUT2D eigenvalue weighted by molar-refractivity contribution is 0.0942. The van der Waals surface area contributed by atoms with Gasteiger partial charge in [-0.1, -0.05) is 0 Å². The molecule has 0 aliphatic carbocycles. The van der Waals surface area contributed by atoms with Crippen LogP contribution in [0.3, 0.4) is 0 Å². The molecule has 0 fully saturated rings. The number of carbonyl (C=O) groups excluding carboxylic acids is 1. The van der Waals surface area contributed by atoms with Crippen LogP contribution in [0, 0.1) is 19.7 Å². The molecule has 0 unspecified atom stereocenters. The molecule has 2 rings (SSSR count). The summed E-state index contributed by atoms with van der Waals surface area (Å²) in [6.45, 7) is 4.10. The predicted octanol–water partition coefficient (Wildman–Crippen LogP) is 2.85. The first-order valence-corrected chi connectivity index (χ1v) is 7.41. The topological polar surface area (TPSA) is 60.5 Å². The Morgan fingerprint density at radius 2 is 2.05 bits per heavy atom. The number of nitrogens with zero attached hydrogens (tertiary/aromatic N) is 1. The zero-order chi connectivity index (χ0) is 16.3. The second kappa shape index (κ2) is 6.74. The van der Waals surface area contributed by atoms with Gasteiger partial charge in [-0.05, 0) is 26.0 Å². The van der Waals surface area contributed by atoms with Crippen LogP contribution in [-0.4, -0.2) is 25.1 Å². The molecule has 7 heteroatoms. The van der Waals surface area contributed by atoms with Crippen molar-refractivity contribution in [3.8, 4) is 11.5 Å². The molecule has 5 nitrogen and oxygen atoms in total. The third kappa shape index (κ3) is 3.19. The fourth-order valence-electron chi connectivity index (χ4n) is 1.97. The minimum Gasteiger partial charge on any atom is -0.493 e. The molecule has 0 bridgehead atoms. The summed E-state index contributed by atoms with van der Waals surface area (Å²) in [5.74, 6) is -0.859. The van der Waals surface area contributed by atoms with Crippen LogP contribution in [0.5, 0.6) is 11.5 Å². The fraction of sp³-hybridized carbons (Fsp3) is 0.333. The number of aryl methyl sites for hydroxylation is 2. The number of carbonyl (C=O) groups is 1. The number of hydrogen-bond donors (Lipinski definition) is 1. The first kappa shape index (κ1) is 16.2. The minimum atomic E-state index is -0.665. The summed E-state index contributed by atoms with van der Waals surface area (Å²) in [7, 11) is 2.79. The number of methoxy groups -OCH3 is 2. The highest BCUT2D eigenvalue weighted by Gasteiger charge is 2.22. The smallest absolute Gasteiger partial charge is 0.258 e. The van der Waals surface area contributed by atoms with Crippen molar-refractivity contribution in [2.24, 2.45) is 0 Å². The second-order valence-electron chi connectivity index (χ2n) is 4.59. The number of nitrogens with one attached hydrogen (secondary N) is 1. The third-order valence-corrected chi connectivity index (χ3v) is 4.27. The number of hydrogen-bond acceptors (Lipinski definition) is 5. The molecular formula is C15H17FN2O3S. The van der Waals surface area contributed by atoms with E-state index in [0.29, 0.717) is 5.75 Å². The van der Waals surface area contributed by atoms with Gasteiger partial charge in [0.05, 0.1) is 26.5 Å². The maximum absolute atomic E-state index is 14.0. The van der Waals surface area contributed by atoms with Gasteiger partial charge in [0.2, 0.25) is 0 Å². The lowest BCUT2D eigenvalue weighted by Gasteiger charge is -2.13. The van der Waals surface area contributed by atoms with Crippen molar-refractivity contribution in [2.75, 3.05) is 14.2 Å². The number of thiazole rings is 1. The molecule has 118 valence electrons. The van der Waals surface area contributed by atoms with Gasteiger partial charge in [0.1, 0.15) is 16.4 Å². The zero-order valence-corrected chi connectivity index (χ0v) is 13.6. The average Bonchev–Trinajstić information content (AvgIpc) is 2.83. The summed E-state index contributed by atoms with van der Waals surface area (Å²) in [6.07, 6.45) is 0. The molecule has 1 aromatic heterocycles. The molecular weight excluding hydrogens is 307 g/mol. The van der Waals surface area contributed by atoms with Gasteiger partial charge in [-0.2, -0.15) is 0 Å². The van der Waals surface area contributed by atoms with Gasteiger partial charge in [-0.3, -0.25) is 4.79 Å². The summed E-state index contributed by atoms with van der Waals surface area (Å²) in [4.78, 5) is 17.7. The fourth-order valence-corrected chi connectivity index (χ4v) is 2.85. The molecule has 0 spiro atoms. The van der Waals surface area contributed by atoms with Crippen molar-refractivity contribution in [2.45, 2.75) is 20.4 Å². The molecule has 0 atom stereocenters. The van der Waals surface area contributed by atoms with Crippen molar-refractivity contribution in [3.63, 3.8) is 0 Å². The summed E-state index contributed by atoms with van der Waals surface area (Å²) in [5.41, 5.74) is 0.756. The second-order valence-corrected chi connectivity index (χ2v) is 5.88. The van der Waals surface area contributed by atoms with Crippen molar-refractivity contribution in [1.29, 1.82) is 0 Å². The Morgan fingerprint density at radius 3 is 2.59 bits per heavy atom. The molecule has 0 saturated carbocycles. The van der Waals surface area contributed by atoms with E-state index in [1.54, 1.807) is 0 Å². The first-order chi connectivity index (χ1) is 10.5.